The number of aliphatic imine (C=N–C) groups is 2. The van der Waals surface area contributed by atoms with Crippen molar-refractivity contribution in [3.63, 3.8) is 0 Å². The molecule has 3 aliphatic heterocycles. The predicted octanol–water partition coefficient (Wildman–Crippen LogP) is 3.02. The number of hydrogen-bond acceptors (Lipinski definition) is 7. The van der Waals surface area contributed by atoms with Gasteiger partial charge in [-0.1, -0.05) is 26.8 Å². The maximum absolute atomic E-state index is 4.95. The number of aryl methyl sites for hydroxylation is 1. The normalized spacial score (nSPS) is 22.7. The van der Waals surface area contributed by atoms with Crippen LogP contribution < -0.4 is 10.6 Å². The minimum Gasteiger partial charge on any atom is -0.336 e. The maximum atomic E-state index is 4.95. The molecule has 0 aromatic carbocycles. The fraction of sp³-hybridized carbons (Fsp3) is 0.455. The highest BCUT2D eigenvalue weighted by atomic mass is 32.1. The number of fused-ring (bicyclic) bond motifs is 1. The van der Waals surface area contributed by atoms with Crippen molar-refractivity contribution in [2.75, 3.05) is 19.6 Å². The molecule has 5 heterocycles. The third kappa shape index (κ3) is 3.95. The second kappa shape index (κ2) is 7.72. The molecule has 2 aromatic rings. The van der Waals surface area contributed by atoms with E-state index in [2.05, 4.69) is 70.3 Å². The SMILES string of the molecule is Cn1cc(C2CN=C3C(=Nc4cc(C(C)(C)C)ns4)NC(C4=CCCNC4)=CN32)cn1. The molecule has 9 heteroatoms. The van der Waals surface area contributed by atoms with Crippen molar-refractivity contribution in [3.8, 4) is 0 Å². The summed E-state index contributed by atoms with van der Waals surface area (Å²) < 4.78 is 6.46. The van der Waals surface area contributed by atoms with Crippen LogP contribution in [0, 0.1) is 0 Å². The summed E-state index contributed by atoms with van der Waals surface area (Å²) in [5.41, 5.74) is 4.54. The van der Waals surface area contributed by atoms with Crippen molar-refractivity contribution in [2.45, 2.75) is 38.6 Å². The molecule has 3 aliphatic rings. The van der Waals surface area contributed by atoms with E-state index in [0.29, 0.717) is 6.54 Å². The smallest absolute Gasteiger partial charge is 0.175 e. The van der Waals surface area contributed by atoms with Gasteiger partial charge in [0.1, 0.15) is 5.00 Å². The molecule has 1 atom stereocenters. The summed E-state index contributed by atoms with van der Waals surface area (Å²) in [6.45, 7) is 9.05. The van der Waals surface area contributed by atoms with Crippen molar-refractivity contribution < 1.29 is 0 Å². The van der Waals surface area contributed by atoms with Gasteiger partial charge in [-0.05, 0) is 36.1 Å². The minimum absolute atomic E-state index is 0.000881. The first kappa shape index (κ1) is 20.1. The molecule has 0 bridgehead atoms. The van der Waals surface area contributed by atoms with Gasteiger partial charge in [0.05, 0.1) is 30.2 Å². The van der Waals surface area contributed by atoms with E-state index in [4.69, 9.17) is 9.98 Å². The molecule has 0 aliphatic carbocycles. The van der Waals surface area contributed by atoms with E-state index in [1.54, 1.807) is 0 Å². The number of aromatic nitrogens is 3. The quantitative estimate of drug-likeness (QED) is 0.773. The van der Waals surface area contributed by atoms with Crippen LogP contribution in [0.3, 0.4) is 0 Å². The van der Waals surface area contributed by atoms with Gasteiger partial charge in [-0.25, -0.2) is 4.99 Å². The lowest BCUT2D eigenvalue weighted by molar-refractivity contribution is 0.451. The molecule has 5 rings (SSSR count). The summed E-state index contributed by atoms with van der Waals surface area (Å²) in [6, 6.07) is 2.20. The zero-order valence-corrected chi connectivity index (χ0v) is 19.2. The highest BCUT2D eigenvalue weighted by Crippen LogP contribution is 2.33. The second-order valence-corrected chi connectivity index (χ2v) is 9.94. The van der Waals surface area contributed by atoms with Crippen LogP contribution in [0.1, 0.15) is 44.5 Å². The summed E-state index contributed by atoms with van der Waals surface area (Å²) in [7, 11) is 1.95. The lowest BCUT2D eigenvalue weighted by Crippen LogP contribution is -2.45. The van der Waals surface area contributed by atoms with Crippen molar-refractivity contribution >= 4 is 28.2 Å². The number of amidine groups is 2. The third-order valence-electron chi connectivity index (χ3n) is 5.70. The predicted molar refractivity (Wildman–Crippen MR) is 125 cm³/mol. The second-order valence-electron chi connectivity index (χ2n) is 9.16. The van der Waals surface area contributed by atoms with Crippen LogP contribution in [0.5, 0.6) is 0 Å². The summed E-state index contributed by atoms with van der Waals surface area (Å²) in [4.78, 5) is 12.0. The molecule has 8 nitrogen and oxygen atoms in total. The van der Waals surface area contributed by atoms with Crippen LogP contribution in [-0.4, -0.2) is 50.4 Å². The Morgan fingerprint density at radius 1 is 1.29 bits per heavy atom. The van der Waals surface area contributed by atoms with E-state index in [9.17, 15) is 0 Å². The zero-order valence-electron chi connectivity index (χ0n) is 18.4. The fourth-order valence-corrected chi connectivity index (χ4v) is 4.76. The van der Waals surface area contributed by atoms with Crippen LogP contribution in [0.4, 0.5) is 5.00 Å². The molecule has 0 saturated heterocycles. The van der Waals surface area contributed by atoms with Gasteiger partial charge in [0.15, 0.2) is 11.7 Å². The fourth-order valence-electron chi connectivity index (χ4n) is 3.94. The van der Waals surface area contributed by atoms with Crippen molar-refractivity contribution in [1.29, 1.82) is 0 Å². The van der Waals surface area contributed by atoms with Crippen LogP contribution >= 0.6 is 11.5 Å². The Labute approximate surface area is 186 Å². The standard InChI is InChI=1S/C22H28N8S/c1-22(2,3)18-8-19(31-28-18)27-20-21-24-11-17(15-10-25-29(4)12-15)30(21)13-16(26-20)14-6-5-7-23-9-14/h6,8,10,12-13,17,23H,5,7,9,11H2,1-4H3,(H,26,27). The Hall–Kier alpha value is -2.78. The van der Waals surface area contributed by atoms with Gasteiger partial charge in [0, 0.05) is 37.0 Å². The molecule has 0 fully saturated rings. The summed E-state index contributed by atoms with van der Waals surface area (Å²) in [6.07, 6.45) is 9.49. The number of nitrogens with zero attached hydrogens (tertiary/aromatic N) is 6. The first-order valence-corrected chi connectivity index (χ1v) is 11.4. The minimum atomic E-state index is 0.000881. The highest BCUT2D eigenvalue weighted by molar-refractivity contribution is 7.10. The van der Waals surface area contributed by atoms with E-state index >= 15 is 0 Å². The monoisotopic (exact) mass is 436 g/mol. The largest absolute Gasteiger partial charge is 0.336 e. The lowest BCUT2D eigenvalue weighted by atomic mass is 9.92. The van der Waals surface area contributed by atoms with Gasteiger partial charge in [-0.15, -0.1) is 0 Å². The molecular weight excluding hydrogens is 408 g/mol. The van der Waals surface area contributed by atoms with Gasteiger partial charge in [0.25, 0.3) is 0 Å². The lowest BCUT2D eigenvalue weighted by Gasteiger charge is -2.32. The molecule has 162 valence electrons. The van der Waals surface area contributed by atoms with Gasteiger partial charge in [-0.3, -0.25) is 9.67 Å². The molecule has 2 aromatic heterocycles. The summed E-state index contributed by atoms with van der Waals surface area (Å²) >= 11 is 1.43. The Morgan fingerprint density at radius 3 is 2.84 bits per heavy atom. The average molecular weight is 437 g/mol. The maximum Gasteiger partial charge on any atom is 0.175 e. The molecule has 0 amide bonds. The van der Waals surface area contributed by atoms with Crippen molar-refractivity contribution in [1.82, 2.24) is 29.7 Å². The van der Waals surface area contributed by atoms with E-state index in [-0.39, 0.29) is 11.5 Å². The zero-order chi connectivity index (χ0) is 21.6. The first-order chi connectivity index (χ1) is 14.9. The third-order valence-corrected chi connectivity index (χ3v) is 6.38. The molecule has 1 unspecified atom stereocenters. The topological polar surface area (TPSA) is 82.7 Å². The average Bonchev–Trinajstić information content (AvgIpc) is 3.47. The van der Waals surface area contributed by atoms with Crippen LogP contribution in [-0.2, 0) is 12.5 Å². The van der Waals surface area contributed by atoms with E-state index in [0.717, 1.165) is 53.1 Å². The molecule has 31 heavy (non-hydrogen) atoms. The van der Waals surface area contributed by atoms with Crippen molar-refractivity contribution in [2.24, 2.45) is 17.0 Å². The Morgan fingerprint density at radius 2 is 2.16 bits per heavy atom. The molecule has 2 N–H and O–H groups in total. The number of nitrogens with one attached hydrogen (secondary N) is 2. The number of rotatable bonds is 3. The van der Waals surface area contributed by atoms with Crippen LogP contribution in [0.2, 0.25) is 0 Å². The highest BCUT2D eigenvalue weighted by Gasteiger charge is 2.36. The van der Waals surface area contributed by atoms with Gasteiger partial charge < -0.3 is 15.5 Å². The molecule has 0 saturated carbocycles. The number of hydrogen-bond donors (Lipinski definition) is 2. The van der Waals surface area contributed by atoms with Gasteiger partial charge in [-0.2, -0.15) is 9.47 Å². The van der Waals surface area contributed by atoms with Crippen LogP contribution in [0.15, 0.2) is 52.0 Å². The van der Waals surface area contributed by atoms with Gasteiger partial charge in [0.2, 0.25) is 0 Å². The van der Waals surface area contributed by atoms with Crippen LogP contribution in [0.25, 0.3) is 0 Å². The van der Waals surface area contributed by atoms with Crippen molar-refractivity contribution in [3.05, 3.63) is 53.3 Å². The van der Waals surface area contributed by atoms with Gasteiger partial charge >= 0.3 is 0 Å². The van der Waals surface area contributed by atoms with E-state index in [1.807, 2.05) is 17.9 Å². The Bertz CT molecular complexity index is 1110. The molecule has 0 spiro atoms. The Balaban J connectivity index is 1.53. The summed E-state index contributed by atoms with van der Waals surface area (Å²) in [5, 5.41) is 12.3. The Kier molecular flexibility index (Phi) is 5.02. The summed E-state index contributed by atoms with van der Waals surface area (Å²) in [5.74, 6) is 1.65. The molecular formula is C22H28N8S. The molecule has 0 radical (unpaired) electrons. The first-order valence-electron chi connectivity index (χ1n) is 10.6. The van der Waals surface area contributed by atoms with E-state index in [1.165, 1.54) is 17.1 Å². The van der Waals surface area contributed by atoms with E-state index < -0.39 is 0 Å².